The fourth-order valence-corrected chi connectivity index (χ4v) is 4.36. The van der Waals surface area contributed by atoms with Crippen LogP contribution < -0.4 is 10.6 Å². The minimum absolute atomic E-state index is 0. The average molecular weight is 511 g/mol. The average Bonchev–Trinajstić information content (AvgIpc) is 2.66. The Kier molecular flexibility index (Phi) is 12.3. The van der Waals surface area contributed by atoms with Gasteiger partial charge in [-0.2, -0.15) is 0 Å². The molecule has 0 radical (unpaired) electrons. The first kappa shape index (κ1) is 25.9. The molecule has 2 N–H and O–H groups in total. The first-order chi connectivity index (χ1) is 12.9. The highest BCUT2D eigenvalue weighted by Crippen LogP contribution is 2.33. The summed E-state index contributed by atoms with van der Waals surface area (Å²) in [6.07, 6.45) is 6.16. The van der Waals surface area contributed by atoms with E-state index in [1.54, 1.807) is 7.11 Å². The molecule has 0 aromatic heterocycles. The Bertz CT molecular complexity index is 448. The third kappa shape index (κ3) is 8.71. The number of methoxy groups -OCH3 is 1. The second-order valence-corrected chi connectivity index (χ2v) is 9.12. The molecule has 7 heteroatoms. The van der Waals surface area contributed by atoms with Crippen LogP contribution in [-0.4, -0.2) is 76.6 Å². The zero-order valence-electron chi connectivity index (χ0n) is 18.6. The van der Waals surface area contributed by atoms with Crippen LogP contribution in [0.15, 0.2) is 4.99 Å². The van der Waals surface area contributed by atoms with Crippen molar-refractivity contribution in [1.82, 2.24) is 15.5 Å². The van der Waals surface area contributed by atoms with E-state index in [1.165, 1.54) is 19.3 Å². The number of nitrogens with zero attached hydrogens (tertiary/aromatic N) is 2. The fraction of sp³-hybridized carbons (Fsp3) is 0.952. The number of rotatable bonds is 7. The van der Waals surface area contributed by atoms with Crippen molar-refractivity contribution < 1.29 is 9.47 Å². The lowest BCUT2D eigenvalue weighted by Crippen LogP contribution is -2.51. The van der Waals surface area contributed by atoms with Crippen LogP contribution in [0.3, 0.4) is 0 Å². The Morgan fingerprint density at radius 1 is 1.21 bits per heavy atom. The molecule has 2 rings (SSSR count). The molecule has 2 atom stereocenters. The molecule has 0 saturated carbocycles. The van der Waals surface area contributed by atoms with Gasteiger partial charge in [0.1, 0.15) is 0 Å². The summed E-state index contributed by atoms with van der Waals surface area (Å²) in [5.41, 5.74) is 0.180. The number of piperidine rings is 1. The summed E-state index contributed by atoms with van der Waals surface area (Å²) in [5, 5.41) is 7.20. The van der Waals surface area contributed by atoms with Crippen molar-refractivity contribution in [3.05, 3.63) is 0 Å². The molecule has 2 aliphatic rings. The van der Waals surface area contributed by atoms with Crippen molar-refractivity contribution in [2.24, 2.45) is 16.3 Å². The second kappa shape index (κ2) is 13.2. The van der Waals surface area contributed by atoms with Crippen molar-refractivity contribution in [1.29, 1.82) is 0 Å². The van der Waals surface area contributed by atoms with E-state index in [0.29, 0.717) is 18.1 Å². The van der Waals surface area contributed by atoms with E-state index in [4.69, 9.17) is 9.47 Å². The lowest BCUT2D eigenvalue weighted by Gasteiger charge is -2.40. The molecule has 0 spiro atoms. The largest absolute Gasteiger partial charge is 0.385 e. The number of likely N-dealkylation sites (tertiary alicyclic amines) is 1. The Hall–Kier alpha value is -0.120. The van der Waals surface area contributed by atoms with Gasteiger partial charge in [0, 0.05) is 65.5 Å². The van der Waals surface area contributed by atoms with Gasteiger partial charge >= 0.3 is 0 Å². The van der Waals surface area contributed by atoms with Gasteiger partial charge in [0.15, 0.2) is 5.96 Å². The monoisotopic (exact) mass is 510 g/mol. The van der Waals surface area contributed by atoms with E-state index in [-0.39, 0.29) is 29.4 Å². The highest BCUT2D eigenvalue weighted by molar-refractivity contribution is 14.0. The molecule has 0 aliphatic carbocycles. The maximum atomic E-state index is 6.11. The standard InChI is InChI=1S/C21H42N4O2.HI/c1-21(2,3)19-17(8-6-15-27-19)16-23-20(22-4)24-18-9-12-25(13-10-18)11-7-14-26-5;/h17-19H,6-16H2,1-5H3,(H2,22,23,24);1H. The maximum absolute atomic E-state index is 6.11. The number of guanidine groups is 1. The van der Waals surface area contributed by atoms with Gasteiger partial charge in [0.25, 0.3) is 0 Å². The zero-order chi connectivity index (χ0) is 19.7. The van der Waals surface area contributed by atoms with Crippen LogP contribution in [0.4, 0.5) is 0 Å². The van der Waals surface area contributed by atoms with Crippen molar-refractivity contribution >= 4 is 29.9 Å². The molecule has 2 heterocycles. The van der Waals surface area contributed by atoms with Crippen LogP contribution in [-0.2, 0) is 9.47 Å². The summed E-state index contributed by atoms with van der Waals surface area (Å²) in [6.45, 7) is 13.0. The molecule has 0 amide bonds. The third-order valence-electron chi connectivity index (χ3n) is 5.80. The molecule has 2 aliphatic heterocycles. The Morgan fingerprint density at radius 3 is 2.54 bits per heavy atom. The molecular weight excluding hydrogens is 467 g/mol. The van der Waals surface area contributed by atoms with Crippen molar-refractivity contribution in [3.63, 3.8) is 0 Å². The van der Waals surface area contributed by atoms with Crippen LogP contribution in [0.2, 0.25) is 0 Å². The Balaban J connectivity index is 0.00000392. The molecule has 166 valence electrons. The van der Waals surface area contributed by atoms with Gasteiger partial charge < -0.3 is 25.0 Å². The van der Waals surface area contributed by atoms with Gasteiger partial charge in [-0.15, -0.1) is 24.0 Å². The van der Waals surface area contributed by atoms with Gasteiger partial charge in [-0.1, -0.05) is 20.8 Å². The minimum Gasteiger partial charge on any atom is -0.385 e. The van der Waals surface area contributed by atoms with E-state index < -0.39 is 0 Å². The first-order valence-electron chi connectivity index (χ1n) is 10.7. The van der Waals surface area contributed by atoms with E-state index in [0.717, 1.165) is 58.2 Å². The van der Waals surface area contributed by atoms with Gasteiger partial charge in [0.05, 0.1) is 6.10 Å². The Morgan fingerprint density at radius 2 is 1.93 bits per heavy atom. The topological polar surface area (TPSA) is 58.1 Å². The van der Waals surface area contributed by atoms with Crippen LogP contribution >= 0.6 is 24.0 Å². The smallest absolute Gasteiger partial charge is 0.191 e. The quantitative estimate of drug-likeness (QED) is 0.239. The van der Waals surface area contributed by atoms with Gasteiger partial charge in [0.2, 0.25) is 0 Å². The van der Waals surface area contributed by atoms with Gasteiger partial charge in [-0.25, -0.2) is 0 Å². The summed E-state index contributed by atoms with van der Waals surface area (Å²) in [6, 6.07) is 0.510. The predicted molar refractivity (Wildman–Crippen MR) is 128 cm³/mol. The lowest BCUT2D eigenvalue weighted by atomic mass is 9.78. The number of nitrogens with one attached hydrogen (secondary N) is 2. The normalized spacial score (nSPS) is 25.2. The molecule has 2 unspecified atom stereocenters. The summed E-state index contributed by atoms with van der Waals surface area (Å²) >= 11 is 0. The highest BCUT2D eigenvalue weighted by Gasteiger charge is 2.35. The van der Waals surface area contributed by atoms with Gasteiger partial charge in [-0.05, 0) is 37.5 Å². The summed E-state index contributed by atoms with van der Waals surface area (Å²) in [7, 11) is 3.64. The van der Waals surface area contributed by atoms with E-state index in [2.05, 4.69) is 41.3 Å². The van der Waals surface area contributed by atoms with E-state index >= 15 is 0 Å². The fourth-order valence-electron chi connectivity index (χ4n) is 4.36. The number of aliphatic imine (C=N–C) groups is 1. The minimum atomic E-state index is 0. The van der Waals surface area contributed by atoms with Crippen LogP contribution in [0.1, 0.15) is 52.9 Å². The first-order valence-corrected chi connectivity index (χ1v) is 10.7. The molecule has 6 nitrogen and oxygen atoms in total. The molecule has 0 aromatic rings. The van der Waals surface area contributed by atoms with E-state index in [9.17, 15) is 0 Å². The second-order valence-electron chi connectivity index (χ2n) is 9.12. The van der Waals surface area contributed by atoms with E-state index in [1.807, 2.05) is 7.05 Å². The summed E-state index contributed by atoms with van der Waals surface area (Å²) in [4.78, 5) is 7.00. The lowest BCUT2D eigenvalue weighted by molar-refractivity contribution is -0.0835. The van der Waals surface area contributed by atoms with Gasteiger partial charge in [-0.3, -0.25) is 4.99 Å². The maximum Gasteiger partial charge on any atom is 0.191 e. The number of halogens is 1. The summed E-state index contributed by atoms with van der Waals surface area (Å²) < 4.78 is 11.3. The summed E-state index contributed by atoms with van der Waals surface area (Å²) in [5.74, 6) is 1.48. The number of hydrogen-bond acceptors (Lipinski definition) is 4. The molecule has 2 fully saturated rings. The Labute approximate surface area is 189 Å². The van der Waals surface area contributed by atoms with Crippen LogP contribution in [0.25, 0.3) is 0 Å². The molecule has 0 aromatic carbocycles. The number of ether oxygens (including phenoxy) is 2. The zero-order valence-corrected chi connectivity index (χ0v) is 21.0. The van der Waals surface area contributed by atoms with Crippen LogP contribution in [0, 0.1) is 11.3 Å². The molecule has 0 bridgehead atoms. The van der Waals surface area contributed by atoms with Crippen molar-refractivity contribution in [3.8, 4) is 0 Å². The molecular formula is C21H43IN4O2. The molecule has 28 heavy (non-hydrogen) atoms. The van der Waals surface area contributed by atoms with Crippen molar-refractivity contribution in [2.45, 2.75) is 65.0 Å². The number of hydrogen-bond donors (Lipinski definition) is 2. The SMILES string of the molecule is CN=C(NCC1CCCOC1C(C)(C)C)NC1CCN(CCCOC)CC1.I. The highest BCUT2D eigenvalue weighted by atomic mass is 127. The van der Waals surface area contributed by atoms with Crippen LogP contribution in [0.5, 0.6) is 0 Å². The van der Waals surface area contributed by atoms with Crippen molar-refractivity contribution in [2.75, 3.05) is 53.6 Å². The predicted octanol–water partition coefficient (Wildman–Crippen LogP) is 3.11. The third-order valence-corrected chi connectivity index (χ3v) is 5.80. The molecule has 2 saturated heterocycles.